The molecule has 0 radical (unpaired) electrons. The molecule has 96 valence electrons. The summed E-state index contributed by atoms with van der Waals surface area (Å²) >= 11 is 0. The highest BCUT2D eigenvalue weighted by molar-refractivity contribution is 4.86. The van der Waals surface area contributed by atoms with Gasteiger partial charge in [-0.15, -0.1) is 0 Å². The normalized spacial score (nSPS) is 36.8. The van der Waals surface area contributed by atoms with Crippen LogP contribution in [0.3, 0.4) is 0 Å². The largest absolute Gasteiger partial charge is 0.386 e. The van der Waals surface area contributed by atoms with Crippen LogP contribution in [0.5, 0.6) is 0 Å². The van der Waals surface area contributed by atoms with Crippen LogP contribution in [0.25, 0.3) is 0 Å². The van der Waals surface area contributed by atoms with Gasteiger partial charge in [-0.25, -0.2) is 0 Å². The molecule has 1 rings (SSSR count). The molecule has 4 nitrogen and oxygen atoms in total. The summed E-state index contributed by atoms with van der Waals surface area (Å²) in [5.41, 5.74) is -0.306. The molecule has 16 heavy (non-hydrogen) atoms. The lowest BCUT2D eigenvalue weighted by Crippen LogP contribution is -2.55. The third-order valence-electron chi connectivity index (χ3n) is 2.75. The number of ether oxygens (including phenoxy) is 2. The van der Waals surface area contributed by atoms with E-state index in [0.717, 1.165) is 6.42 Å². The highest BCUT2D eigenvalue weighted by Crippen LogP contribution is 2.26. The van der Waals surface area contributed by atoms with Gasteiger partial charge in [0.25, 0.3) is 0 Å². The Hall–Kier alpha value is -0.160. The molecule has 1 aliphatic rings. The molecule has 0 saturated carbocycles. The smallest absolute Gasteiger partial charge is 0.185 e. The van der Waals surface area contributed by atoms with Gasteiger partial charge in [0, 0.05) is 6.04 Å². The standard InChI is InChI=1S/C12H25NO3/c1-8-7-9(13(5)6)10(14)11(15-8)16-12(2,3)4/h8-11,14H,7H2,1-6H3/t8-,9?,10?,11+/m1/s1. The lowest BCUT2D eigenvalue weighted by Gasteiger charge is -2.42. The van der Waals surface area contributed by atoms with Crippen LogP contribution >= 0.6 is 0 Å². The van der Waals surface area contributed by atoms with Gasteiger partial charge in [-0.3, -0.25) is 0 Å². The van der Waals surface area contributed by atoms with Gasteiger partial charge in [0.15, 0.2) is 6.29 Å². The molecular formula is C12H25NO3. The summed E-state index contributed by atoms with van der Waals surface area (Å²) in [5.74, 6) is 0. The van der Waals surface area contributed by atoms with Crippen molar-refractivity contribution in [2.45, 2.75) is 64.3 Å². The minimum Gasteiger partial charge on any atom is -0.386 e. The molecule has 1 fully saturated rings. The van der Waals surface area contributed by atoms with E-state index in [1.807, 2.05) is 46.7 Å². The zero-order valence-electron chi connectivity index (χ0n) is 11.2. The Labute approximate surface area is 98.5 Å². The van der Waals surface area contributed by atoms with E-state index < -0.39 is 12.4 Å². The third-order valence-corrected chi connectivity index (χ3v) is 2.75. The van der Waals surface area contributed by atoms with Gasteiger partial charge >= 0.3 is 0 Å². The van der Waals surface area contributed by atoms with Crippen molar-refractivity contribution in [1.82, 2.24) is 4.90 Å². The van der Waals surface area contributed by atoms with E-state index in [1.54, 1.807) is 0 Å². The Bertz CT molecular complexity index is 225. The highest BCUT2D eigenvalue weighted by atomic mass is 16.7. The second-order valence-corrected chi connectivity index (χ2v) is 5.80. The second-order valence-electron chi connectivity index (χ2n) is 5.80. The van der Waals surface area contributed by atoms with Crippen LogP contribution in [-0.4, -0.2) is 54.2 Å². The number of nitrogens with zero attached hydrogens (tertiary/aromatic N) is 1. The summed E-state index contributed by atoms with van der Waals surface area (Å²) in [6, 6.07) is 0.0936. The number of rotatable bonds is 2. The lowest BCUT2D eigenvalue weighted by molar-refractivity contribution is -0.281. The fourth-order valence-electron chi connectivity index (χ4n) is 1.99. The highest BCUT2D eigenvalue weighted by Gasteiger charge is 2.39. The molecule has 0 aromatic rings. The molecule has 4 heteroatoms. The van der Waals surface area contributed by atoms with Gasteiger partial charge < -0.3 is 19.5 Å². The summed E-state index contributed by atoms with van der Waals surface area (Å²) < 4.78 is 11.4. The van der Waals surface area contributed by atoms with Crippen molar-refractivity contribution < 1.29 is 14.6 Å². The molecule has 0 aromatic heterocycles. The van der Waals surface area contributed by atoms with Gasteiger partial charge in [0.2, 0.25) is 0 Å². The Morgan fingerprint density at radius 1 is 1.31 bits per heavy atom. The van der Waals surface area contributed by atoms with Crippen molar-refractivity contribution in [2.24, 2.45) is 0 Å². The molecule has 1 saturated heterocycles. The first-order valence-corrected chi connectivity index (χ1v) is 5.88. The maximum atomic E-state index is 10.2. The van der Waals surface area contributed by atoms with Crippen LogP contribution in [-0.2, 0) is 9.47 Å². The number of hydrogen-bond donors (Lipinski definition) is 1. The summed E-state index contributed by atoms with van der Waals surface area (Å²) in [4.78, 5) is 2.03. The second kappa shape index (κ2) is 5.00. The number of aliphatic hydroxyl groups excluding tert-OH is 1. The quantitative estimate of drug-likeness (QED) is 0.776. The van der Waals surface area contributed by atoms with Crippen LogP contribution in [0.1, 0.15) is 34.1 Å². The minimum atomic E-state index is -0.592. The molecule has 1 N–H and O–H groups in total. The summed E-state index contributed by atoms with van der Waals surface area (Å²) in [5, 5.41) is 10.2. The Balaban J connectivity index is 2.69. The summed E-state index contributed by atoms with van der Waals surface area (Å²) in [7, 11) is 3.94. The average Bonchev–Trinajstić information content (AvgIpc) is 2.07. The fraction of sp³-hybridized carbons (Fsp3) is 1.00. The number of likely N-dealkylation sites (N-methyl/N-ethyl adjacent to an activating group) is 1. The van der Waals surface area contributed by atoms with Crippen molar-refractivity contribution >= 4 is 0 Å². The lowest BCUT2D eigenvalue weighted by atomic mass is 9.99. The maximum absolute atomic E-state index is 10.2. The van der Waals surface area contributed by atoms with Crippen molar-refractivity contribution in [3.05, 3.63) is 0 Å². The molecule has 1 aliphatic heterocycles. The molecule has 0 amide bonds. The van der Waals surface area contributed by atoms with Gasteiger partial charge in [-0.2, -0.15) is 0 Å². The topological polar surface area (TPSA) is 41.9 Å². The van der Waals surface area contributed by atoms with Crippen molar-refractivity contribution in [2.75, 3.05) is 14.1 Å². The van der Waals surface area contributed by atoms with E-state index in [2.05, 4.69) is 0 Å². The van der Waals surface area contributed by atoms with Crippen molar-refractivity contribution in [1.29, 1.82) is 0 Å². The molecule has 4 atom stereocenters. The SMILES string of the molecule is C[C@@H]1CC(N(C)C)C(O)[C@H](OC(C)(C)C)O1. The van der Waals surface area contributed by atoms with E-state index in [-0.39, 0.29) is 17.7 Å². The van der Waals surface area contributed by atoms with Gasteiger partial charge in [0.1, 0.15) is 6.10 Å². The fourth-order valence-corrected chi connectivity index (χ4v) is 1.99. The predicted octanol–water partition coefficient (Wildman–Crippen LogP) is 1.23. The van der Waals surface area contributed by atoms with E-state index in [4.69, 9.17) is 9.47 Å². The Morgan fingerprint density at radius 2 is 1.88 bits per heavy atom. The minimum absolute atomic E-state index is 0.0936. The number of hydrogen-bond acceptors (Lipinski definition) is 4. The van der Waals surface area contributed by atoms with Gasteiger partial charge in [0.05, 0.1) is 11.7 Å². The van der Waals surface area contributed by atoms with Crippen LogP contribution in [0.4, 0.5) is 0 Å². The summed E-state index contributed by atoms with van der Waals surface area (Å²) in [6.07, 6.45) is -0.178. The zero-order chi connectivity index (χ0) is 12.5. The molecule has 0 aromatic carbocycles. The monoisotopic (exact) mass is 231 g/mol. The molecule has 0 spiro atoms. The summed E-state index contributed by atoms with van der Waals surface area (Å²) in [6.45, 7) is 7.91. The molecule has 0 aliphatic carbocycles. The van der Waals surface area contributed by atoms with Crippen LogP contribution < -0.4 is 0 Å². The van der Waals surface area contributed by atoms with Gasteiger partial charge in [-0.05, 0) is 48.2 Å². The number of aliphatic hydroxyl groups is 1. The van der Waals surface area contributed by atoms with E-state index >= 15 is 0 Å². The van der Waals surface area contributed by atoms with E-state index in [9.17, 15) is 5.11 Å². The first-order chi connectivity index (χ1) is 7.20. The van der Waals surface area contributed by atoms with Crippen LogP contribution in [0, 0.1) is 0 Å². The Kier molecular flexibility index (Phi) is 4.35. The first-order valence-electron chi connectivity index (χ1n) is 5.88. The van der Waals surface area contributed by atoms with Crippen molar-refractivity contribution in [3.8, 4) is 0 Å². The molecular weight excluding hydrogens is 206 g/mol. The van der Waals surface area contributed by atoms with Gasteiger partial charge in [-0.1, -0.05) is 0 Å². The first kappa shape index (κ1) is 13.9. The molecule has 0 bridgehead atoms. The predicted molar refractivity (Wildman–Crippen MR) is 63.3 cm³/mol. The van der Waals surface area contributed by atoms with E-state index in [1.165, 1.54) is 0 Å². The molecule has 1 heterocycles. The van der Waals surface area contributed by atoms with Crippen LogP contribution in [0.2, 0.25) is 0 Å². The average molecular weight is 231 g/mol. The van der Waals surface area contributed by atoms with E-state index in [0.29, 0.717) is 0 Å². The maximum Gasteiger partial charge on any atom is 0.185 e. The van der Waals surface area contributed by atoms with Crippen LogP contribution in [0.15, 0.2) is 0 Å². The van der Waals surface area contributed by atoms with Crippen molar-refractivity contribution in [3.63, 3.8) is 0 Å². The zero-order valence-corrected chi connectivity index (χ0v) is 11.2. The molecule has 2 unspecified atom stereocenters. The third kappa shape index (κ3) is 3.70. The Morgan fingerprint density at radius 3 is 2.31 bits per heavy atom.